The van der Waals surface area contributed by atoms with Crippen molar-refractivity contribution in [2.75, 3.05) is 6.61 Å². The molecule has 75 heavy (non-hydrogen) atoms. The smallest absolute Gasteiger partial charge is 0.466 e. The summed E-state index contributed by atoms with van der Waals surface area (Å²) in [5.74, 6) is 1.25. The molecule has 424 valence electrons. The predicted molar refractivity (Wildman–Crippen MR) is 326 cm³/mol. The highest BCUT2D eigenvalue weighted by Crippen LogP contribution is 2.65. The molecule has 1 aliphatic rings. The topological polar surface area (TPSA) is 65.0 Å². The number of hydrogen-bond donors (Lipinski definition) is 1. The number of carbonyl (C=O) groups excluding carboxylic acids is 1. The molecule has 3 aromatic rings. The first-order valence-electron chi connectivity index (χ1n) is 30.7. The van der Waals surface area contributed by atoms with E-state index in [1.165, 1.54) is 101 Å². The van der Waals surface area contributed by atoms with E-state index in [2.05, 4.69) is 175 Å². The van der Waals surface area contributed by atoms with Gasteiger partial charge in [-0.3, -0.25) is 13.8 Å². The van der Waals surface area contributed by atoms with E-state index in [0.717, 1.165) is 94.3 Å². The molecule has 4 rings (SSSR count). The first-order chi connectivity index (χ1) is 34.9. The van der Waals surface area contributed by atoms with Crippen molar-refractivity contribution >= 4 is 19.2 Å². The molecule has 1 heterocycles. The fourth-order valence-electron chi connectivity index (χ4n) is 10.7. The third-order valence-corrected chi connectivity index (χ3v) is 20.0. The van der Waals surface area contributed by atoms with Gasteiger partial charge >= 0.3 is 13.9 Å². The second-order valence-electron chi connectivity index (χ2n) is 27.8. The molecule has 0 aromatic heterocycles. The summed E-state index contributed by atoms with van der Waals surface area (Å²) in [5, 5.41) is 0.750. The number of unbranched alkanes of at least 4 members (excludes halogenated alkanes) is 15. The Kier molecular flexibility index (Phi) is 23.6. The van der Waals surface area contributed by atoms with E-state index < -0.39 is 18.8 Å². The Morgan fingerprint density at radius 2 is 0.840 bits per heavy atom. The van der Waals surface area contributed by atoms with E-state index in [9.17, 15) is 9.69 Å². The van der Waals surface area contributed by atoms with E-state index >= 15 is 0 Å². The van der Waals surface area contributed by atoms with Crippen LogP contribution in [0, 0.1) is 0 Å². The van der Waals surface area contributed by atoms with Gasteiger partial charge in [-0.05, 0) is 87.7 Å². The van der Waals surface area contributed by atoms with Crippen LogP contribution in [-0.2, 0) is 48.4 Å². The van der Waals surface area contributed by atoms with Crippen LogP contribution in [0.25, 0.3) is 0 Å². The molecular formula is C69H114O5P+. The van der Waals surface area contributed by atoms with Gasteiger partial charge in [0.05, 0.1) is 6.61 Å². The monoisotopic (exact) mass is 1050 g/mol. The Morgan fingerprint density at radius 3 is 1.17 bits per heavy atom. The van der Waals surface area contributed by atoms with Crippen LogP contribution in [0.5, 0.6) is 11.5 Å². The lowest BCUT2D eigenvalue weighted by Crippen LogP contribution is -2.38. The van der Waals surface area contributed by atoms with Crippen LogP contribution in [0.4, 0.5) is 0 Å². The summed E-state index contributed by atoms with van der Waals surface area (Å²) in [5.41, 5.74) is 8.45. The van der Waals surface area contributed by atoms with Gasteiger partial charge in [-0.25, -0.2) is 0 Å². The van der Waals surface area contributed by atoms with E-state index in [4.69, 9.17) is 13.8 Å². The number of aryl methyl sites for hydroxylation is 1. The Hall–Kier alpha value is -2.88. The van der Waals surface area contributed by atoms with Crippen molar-refractivity contribution in [3.8, 4) is 11.5 Å². The quantitative estimate of drug-likeness (QED) is 0.0426. The van der Waals surface area contributed by atoms with E-state index in [-0.39, 0.29) is 33.5 Å². The van der Waals surface area contributed by atoms with Gasteiger partial charge in [0.2, 0.25) is 5.30 Å². The van der Waals surface area contributed by atoms with Crippen LogP contribution < -0.4 is 14.4 Å². The first-order valence-corrected chi connectivity index (χ1v) is 32.2. The lowest BCUT2D eigenvalue weighted by molar-refractivity contribution is -0.143. The SMILES string of the molecule is CCCCCCCCCCCCCCCCCCOC(=O)CCc1cc(C(C)(C)C)c([P+]2(O)Oc3c(cc(C(C)(C)CC)cc3C(C)(C)CC)C(C)c3cc(C(C)(C)CC)cc(C(C)(C)CC)c3O2)c(C(C)(C)C)c1. The van der Waals surface area contributed by atoms with Crippen molar-refractivity contribution in [2.24, 2.45) is 0 Å². The number of fused-ring (bicyclic) bond motifs is 2. The van der Waals surface area contributed by atoms with Crippen molar-refractivity contribution in [3.63, 3.8) is 0 Å². The molecule has 0 fully saturated rings. The van der Waals surface area contributed by atoms with Gasteiger partial charge < -0.3 is 4.74 Å². The lowest BCUT2D eigenvalue weighted by atomic mass is 9.72. The maximum Gasteiger partial charge on any atom is 0.533 e. The fourth-order valence-corrected chi connectivity index (χ4v) is 13.2. The third kappa shape index (κ3) is 17.1. The highest BCUT2D eigenvalue weighted by Gasteiger charge is 2.57. The zero-order valence-electron chi connectivity index (χ0n) is 52.3. The van der Waals surface area contributed by atoms with Crippen LogP contribution in [0.3, 0.4) is 0 Å². The van der Waals surface area contributed by atoms with Crippen molar-refractivity contribution in [3.05, 3.63) is 86.5 Å². The number of hydrogen-bond acceptors (Lipinski definition) is 5. The van der Waals surface area contributed by atoms with Crippen LogP contribution in [0.15, 0.2) is 36.4 Å². The summed E-state index contributed by atoms with van der Waals surface area (Å²) in [6.45, 7) is 46.2. The Labute approximate surface area is 463 Å². The number of carbonyl (C=O) groups is 1. The number of esters is 1. The van der Waals surface area contributed by atoms with Crippen LogP contribution in [0.2, 0.25) is 0 Å². The zero-order valence-corrected chi connectivity index (χ0v) is 53.2. The first kappa shape index (κ1) is 64.6. The predicted octanol–water partition coefficient (Wildman–Crippen LogP) is 20.8. The Morgan fingerprint density at radius 1 is 0.493 bits per heavy atom. The molecule has 0 unspecified atom stereocenters. The molecule has 0 saturated heterocycles. The molecule has 0 bridgehead atoms. The largest absolute Gasteiger partial charge is 0.533 e. The second kappa shape index (κ2) is 27.3. The van der Waals surface area contributed by atoms with Gasteiger partial charge in [-0.15, -0.1) is 0 Å². The summed E-state index contributed by atoms with van der Waals surface area (Å²) in [7, 11) is -4.08. The maximum absolute atomic E-state index is 14.4. The van der Waals surface area contributed by atoms with Crippen molar-refractivity contribution in [2.45, 2.75) is 318 Å². The summed E-state index contributed by atoms with van der Waals surface area (Å²) >= 11 is 0. The van der Waals surface area contributed by atoms with Gasteiger partial charge in [-0.2, -0.15) is 4.89 Å². The summed E-state index contributed by atoms with van der Waals surface area (Å²) < 4.78 is 21.2. The van der Waals surface area contributed by atoms with Crippen molar-refractivity contribution in [1.29, 1.82) is 0 Å². The van der Waals surface area contributed by atoms with Gasteiger partial charge in [0.1, 0.15) is 0 Å². The lowest BCUT2D eigenvalue weighted by Gasteiger charge is -2.38. The molecule has 6 heteroatoms. The number of ether oxygens (including phenoxy) is 1. The fraction of sp³-hybridized carbons (Fsp3) is 0.725. The minimum absolute atomic E-state index is 0.0888. The highest BCUT2D eigenvalue weighted by atomic mass is 31.2. The van der Waals surface area contributed by atoms with E-state index in [1.807, 2.05) is 0 Å². The zero-order chi connectivity index (χ0) is 56.2. The van der Waals surface area contributed by atoms with Crippen LogP contribution >= 0.6 is 7.94 Å². The molecule has 5 nitrogen and oxygen atoms in total. The molecule has 1 N–H and O–H groups in total. The maximum atomic E-state index is 14.4. The van der Waals surface area contributed by atoms with Crippen LogP contribution in [-0.4, -0.2) is 17.5 Å². The average molecular weight is 1050 g/mol. The molecule has 0 aliphatic carbocycles. The summed E-state index contributed by atoms with van der Waals surface area (Å²) in [4.78, 5) is 27.8. The molecule has 0 spiro atoms. The van der Waals surface area contributed by atoms with Gasteiger partial charge in [0, 0.05) is 45.7 Å². The highest BCUT2D eigenvalue weighted by molar-refractivity contribution is 7.69. The normalized spacial score (nSPS) is 16.7. The standard InChI is InChI=1S/C69H114O5P/c1-21-26-27-28-29-30-31-32-33-34-35-36-37-38-39-40-43-72-60(70)42-41-51-44-58(64(7,8)9)63(59(45-51)65(10,11)12)75(71)73-61-54(46-52(66(13,14)22-2)48-56(61)68(17,18)24-4)50(6)55-47-53(67(15,16)23-3)49-57(62(55)74-75)69(19,20)25-5/h44-50,71H,21-43H2,1-20H3/q+1. The summed E-state index contributed by atoms with van der Waals surface area (Å²) in [6, 6.07) is 14.0. The van der Waals surface area contributed by atoms with Crippen LogP contribution in [0.1, 0.15) is 329 Å². The number of benzene rings is 3. The third-order valence-electron chi connectivity index (χ3n) is 18.1. The Bertz CT molecular complexity index is 2160. The second-order valence-corrected chi connectivity index (χ2v) is 29.7. The molecule has 0 saturated carbocycles. The molecule has 0 radical (unpaired) electrons. The molecule has 0 amide bonds. The van der Waals surface area contributed by atoms with Gasteiger partial charge in [0.15, 0.2) is 11.5 Å². The summed E-state index contributed by atoms with van der Waals surface area (Å²) in [6.07, 6.45) is 25.7. The molecule has 1 aliphatic heterocycles. The van der Waals surface area contributed by atoms with Gasteiger partial charge in [0.25, 0.3) is 0 Å². The number of rotatable bonds is 29. The molecular weight excluding hydrogens is 940 g/mol. The minimum atomic E-state index is -4.08. The van der Waals surface area contributed by atoms with Crippen molar-refractivity contribution in [1.82, 2.24) is 0 Å². The Balaban J connectivity index is 1.75. The van der Waals surface area contributed by atoms with E-state index in [0.29, 0.717) is 19.4 Å². The average Bonchev–Trinajstić information content (AvgIpc) is 3.34. The molecule has 0 atom stereocenters. The molecule has 3 aromatic carbocycles. The van der Waals surface area contributed by atoms with Crippen molar-refractivity contribution < 1.29 is 23.5 Å². The van der Waals surface area contributed by atoms with Gasteiger partial charge in [-0.1, -0.05) is 271 Å². The minimum Gasteiger partial charge on any atom is -0.466 e. The van der Waals surface area contributed by atoms with E-state index in [1.54, 1.807) is 0 Å².